The normalized spacial score (nSPS) is 11.7. The van der Waals surface area contributed by atoms with E-state index in [1.54, 1.807) is 12.2 Å². The maximum absolute atomic E-state index is 11.0. The van der Waals surface area contributed by atoms with Crippen LogP contribution in [0.15, 0.2) is 12.2 Å². The van der Waals surface area contributed by atoms with Crippen LogP contribution in [0.5, 0.6) is 0 Å². The van der Waals surface area contributed by atoms with Crippen LogP contribution in [-0.4, -0.2) is 24.1 Å². The third kappa shape index (κ3) is 9.21. The zero-order valence-electron chi connectivity index (χ0n) is 8.26. The number of nitrogens with one attached hydrogen (secondary N) is 1. The number of ether oxygens (including phenoxy) is 1. The van der Waals surface area contributed by atoms with Gasteiger partial charge in [-0.3, -0.25) is 0 Å². The number of halogens is 1. The SMILES string of the molecule is CC(C)(C)OC(=O)NCC=CCCl. The van der Waals surface area contributed by atoms with E-state index in [1.807, 2.05) is 20.8 Å². The quantitative estimate of drug-likeness (QED) is 0.567. The molecular weight excluding hydrogens is 190 g/mol. The summed E-state index contributed by atoms with van der Waals surface area (Å²) in [4.78, 5) is 11.0. The summed E-state index contributed by atoms with van der Waals surface area (Å²) >= 11 is 5.39. The summed E-state index contributed by atoms with van der Waals surface area (Å²) in [5.41, 5.74) is -0.444. The van der Waals surface area contributed by atoms with Gasteiger partial charge in [0, 0.05) is 12.4 Å². The van der Waals surface area contributed by atoms with Gasteiger partial charge in [0.2, 0.25) is 0 Å². The summed E-state index contributed by atoms with van der Waals surface area (Å²) in [5, 5.41) is 2.57. The molecule has 76 valence electrons. The summed E-state index contributed by atoms with van der Waals surface area (Å²) in [5.74, 6) is 0.454. The van der Waals surface area contributed by atoms with Crippen LogP contribution in [0.3, 0.4) is 0 Å². The Morgan fingerprint density at radius 3 is 2.54 bits per heavy atom. The van der Waals surface area contributed by atoms with Crippen molar-refractivity contribution in [3.8, 4) is 0 Å². The number of allylic oxidation sites excluding steroid dienone is 1. The Morgan fingerprint density at radius 1 is 1.46 bits per heavy atom. The number of amides is 1. The number of carbonyl (C=O) groups is 1. The summed E-state index contributed by atoms with van der Waals surface area (Å²) in [6.45, 7) is 5.91. The van der Waals surface area contributed by atoms with Gasteiger partial charge in [-0.1, -0.05) is 12.2 Å². The minimum Gasteiger partial charge on any atom is -0.444 e. The molecule has 1 N–H and O–H groups in total. The highest BCUT2D eigenvalue weighted by Crippen LogP contribution is 2.05. The molecule has 0 atom stereocenters. The highest BCUT2D eigenvalue weighted by molar-refractivity contribution is 6.18. The Labute approximate surface area is 84.1 Å². The topological polar surface area (TPSA) is 38.3 Å². The summed E-state index contributed by atoms with van der Waals surface area (Å²) < 4.78 is 5.00. The van der Waals surface area contributed by atoms with Crippen molar-refractivity contribution in [1.29, 1.82) is 0 Å². The third-order valence-corrected chi connectivity index (χ3v) is 1.20. The maximum atomic E-state index is 11.0. The predicted molar refractivity (Wildman–Crippen MR) is 54.1 cm³/mol. The Kier molecular flexibility index (Phi) is 5.55. The second-order valence-corrected chi connectivity index (χ2v) is 3.82. The highest BCUT2D eigenvalue weighted by atomic mass is 35.5. The summed E-state index contributed by atoms with van der Waals surface area (Å²) in [6, 6.07) is 0. The Balaban J connectivity index is 3.58. The van der Waals surface area contributed by atoms with Crippen molar-refractivity contribution in [2.24, 2.45) is 0 Å². The van der Waals surface area contributed by atoms with Gasteiger partial charge in [0.15, 0.2) is 0 Å². The van der Waals surface area contributed by atoms with E-state index in [9.17, 15) is 4.79 Å². The Morgan fingerprint density at radius 2 is 2.08 bits per heavy atom. The van der Waals surface area contributed by atoms with Gasteiger partial charge < -0.3 is 10.1 Å². The first-order valence-corrected chi connectivity index (χ1v) is 4.67. The molecule has 0 aromatic rings. The molecule has 0 bridgehead atoms. The zero-order valence-corrected chi connectivity index (χ0v) is 9.02. The lowest BCUT2D eigenvalue weighted by atomic mass is 10.2. The van der Waals surface area contributed by atoms with Gasteiger partial charge in [-0.05, 0) is 20.8 Å². The molecule has 13 heavy (non-hydrogen) atoms. The largest absolute Gasteiger partial charge is 0.444 e. The van der Waals surface area contributed by atoms with E-state index < -0.39 is 11.7 Å². The molecule has 3 nitrogen and oxygen atoms in total. The number of alkyl carbamates (subject to hydrolysis) is 1. The molecule has 0 spiro atoms. The van der Waals surface area contributed by atoms with Gasteiger partial charge in [-0.2, -0.15) is 0 Å². The fourth-order valence-corrected chi connectivity index (χ4v) is 0.729. The lowest BCUT2D eigenvalue weighted by Crippen LogP contribution is -2.32. The molecule has 0 radical (unpaired) electrons. The standard InChI is InChI=1S/C9H16ClNO2/c1-9(2,3)13-8(12)11-7-5-4-6-10/h4-5H,6-7H2,1-3H3,(H,11,12). The average Bonchev–Trinajstić information content (AvgIpc) is 1.94. The molecule has 4 heteroatoms. The molecule has 0 aliphatic rings. The van der Waals surface area contributed by atoms with Crippen molar-refractivity contribution < 1.29 is 9.53 Å². The molecule has 0 saturated heterocycles. The first-order chi connectivity index (χ1) is 5.95. The maximum Gasteiger partial charge on any atom is 0.407 e. The van der Waals surface area contributed by atoms with E-state index in [0.29, 0.717) is 12.4 Å². The number of alkyl halides is 1. The molecule has 0 aromatic heterocycles. The predicted octanol–water partition coefficient (Wildman–Crippen LogP) is 2.31. The van der Waals surface area contributed by atoms with Crippen LogP contribution < -0.4 is 5.32 Å². The fraction of sp³-hybridized carbons (Fsp3) is 0.667. The second-order valence-electron chi connectivity index (χ2n) is 3.51. The smallest absolute Gasteiger partial charge is 0.407 e. The molecule has 0 heterocycles. The first kappa shape index (κ1) is 12.3. The number of hydrogen-bond donors (Lipinski definition) is 1. The van der Waals surface area contributed by atoms with Crippen molar-refractivity contribution in [3.05, 3.63) is 12.2 Å². The lowest BCUT2D eigenvalue weighted by molar-refractivity contribution is 0.0534. The molecule has 0 aromatic carbocycles. The molecule has 0 aliphatic heterocycles. The van der Waals surface area contributed by atoms with E-state index in [4.69, 9.17) is 16.3 Å². The molecule has 0 rings (SSSR count). The minimum absolute atomic E-state index is 0.410. The Hall–Kier alpha value is -0.700. The van der Waals surface area contributed by atoms with Crippen LogP contribution in [0.4, 0.5) is 4.79 Å². The third-order valence-electron chi connectivity index (χ3n) is 1.02. The fourth-order valence-electron chi connectivity index (χ4n) is 0.603. The van der Waals surface area contributed by atoms with Crippen molar-refractivity contribution >= 4 is 17.7 Å². The van der Waals surface area contributed by atoms with Gasteiger partial charge in [0.05, 0.1) is 0 Å². The average molecular weight is 206 g/mol. The van der Waals surface area contributed by atoms with Crippen molar-refractivity contribution in [2.45, 2.75) is 26.4 Å². The van der Waals surface area contributed by atoms with E-state index >= 15 is 0 Å². The van der Waals surface area contributed by atoms with E-state index in [2.05, 4.69) is 5.32 Å². The summed E-state index contributed by atoms with van der Waals surface area (Å²) in [7, 11) is 0. The highest BCUT2D eigenvalue weighted by Gasteiger charge is 2.14. The molecule has 0 unspecified atom stereocenters. The number of rotatable bonds is 3. The molecule has 0 fully saturated rings. The molecule has 1 amide bonds. The van der Waals surface area contributed by atoms with E-state index in [0.717, 1.165) is 0 Å². The Bertz CT molecular complexity index is 185. The van der Waals surface area contributed by atoms with Crippen molar-refractivity contribution in [3.63, 3.8) is 0 Å². The lowest BCUT2D eigenvalue weighted by Gasteiger charge is -2.19. The summed E-state index contributed by atoms with van der Waals surface area (Å²) in [6.07, 6.45) is 3.13. The van der Waals surface area contributed by atoms with Crippen LogP contribution in [-0.2, 0) is 4.74 Å². The minimum atomic E-state index is -0.444. The van der Waals surface area contributed by atoms with Crippen molar-refractivity contribution in [2.75, 3.05) is 12.4 Å². The van der Waals surface area contributed by atoms with Crippen LogP contribution in [0, 0.1) is 0 Å². The zero-order chi connectivity index (χ0) is 10.3. The van der Waals surface area contributed by atoms with Gasteiger partial charge in [-0.15, -0.1) is 11.6 Å². The molecule has 0 saturated carbocycles. The number of carbonyl (C=O) groups excluding carboxylic acids is 1. The van der Waals surface area contributed by atoms with Gasteiger partial charge in [0.1, 0.15) is 5.60 Å². The molecular formula is C9H16ClNO2. The van der Waals surface area contributed by atoms with Crippen LogP contribution >= 0.6 is 11.6 Å². The van der Waals surface area contributed by atoms with Crippen LogP contribution in [0.1, 0.15) is 20.8 Å². The number of hydrogen-bond acceptors (Lipinski definition) is 2. The van der Waals surface area contributed by atoms with Crippen LogP contribution in [0.25, 0.3) is 0 Å². The van der Waals surface area contributed by atoms with E-state index in [1.165, 1.54) is 0 Å². The first-order valence-electron chi connectivity index (χ1n) is 4.13. The van der Waals surface area contributed by atoms with E-state index in [-0.39, 0.29) is 0 Å². The monoisotopic (exact) mass is 205 g/mol. The van der Waals surface area contributed by atoms with Gasteiger partial charge in [-0.25, -0.2) is 4.79 Å². The van der Waals surface area contributed by atoms with Gasteiger partial charge in [0.25, 0.3) is 0 Å². The van der Waals surface area contributed by atoms with Crippen molar-refractivity contribution in [1.82, 2.24) is 5.32 Å². The molecule has 0 aliphatic carbocycles. The van der Waals surface area contributed by atoms with Crippen LogP contribution in [0.2, 0.25) is 0 Å². The second kappa shape index (κ2) is 5.86. The van der Waals surface area contributed by atoms with Gasteiger partial charge >= 0.3 is 6.09 Å².